The standard InChI is InChI=1S/C33H56O7/c1-19(2)7-6-8-20(3)23-11-12-24-22-10-9-21-17-33(38,16-15-31(21,4)25(22)13-14-32(23,24)5)40-30-29(37)28(36)27(35)26(18-34)39-30/h9,19-20,22-30,34-38H,6-8,10-18H2,1-5H3/t20-,22?,23-,24?,25?,26-,27+,28+,29+,30-,31+,32-,33?/m1/s1. The monoisotopic (exact) mass is 564 g/mol. The zero-order valence-electron chi connectivity index (χ0n) is 25.5. The Morgan fingerprint density at radius 1 is 0.950 bits per heavy atom. The molecule has 0 bridgehead atoms. The second kappa shape index (κ2) is 11.5. The van der Waals surface area contributed by atoms with E-state index in [2.05, 4.69) is 40.7 Å². The second-order valence-corrected chi connectivity index (χ2v) is 15.2. The van der Waals surface area contributed by atoms with Gasteiger partial charge in [0.2, 0.25) is 0 Å². The molecule has 0 spiro atoms. The van der Waals surface area contributed by atoms with Gasteiger partial charge in [0.25, 0.3) is 0 Å². The van der Waals surface area contributed by atoms with Crippen molar-refractivity contribution in [3.8, 4) is 0 Å². The SMILES string of the molecule is CC(C)CCC[C@@H](C)[C@H]1CCC2C3CC=C4CC(O)(O[C@H]5O[C@H](CO)[C@H](O)[C@H](O)[C@@H]5O)CC[C@]4(C)C3CC[C@@]21C. The van der Waals surface area contributed by atoms with Gasteiger partial charge in [-0.25, -0.2) is 0 Å². The van der Waals surface area contributed by atoms with Gasteiger partial charge in [-0.3, -0.25) is 0 Å². The third kappa shape index (κ3) is 5.35. The van der Waals surface area contributed by atoms with Gasteiger partial charge in [0, 0.05) is 12.8 Å². The van der Waals surface area contributed by atoms with Gasteiger partial charge < -0.3 is 35.0 Å². The molecule has 5 rings (SSSR count). The van der Waals surface area contributed by atoms with Crippen LogP contribution >= 0.6 is 0 Å². The molecule has 3 saturated carbocycles. The van der Waals surface area contributed by atoms with Crippen molar-refractivity contribution in [2.24, 2.45) is 46.3 Å². The van der Waals surface area contributed by atoms with E-state index in [1.54, 1.807) is 0 Å². The maximum atomic E-state index is 11.5. The quantitative estimate of drug-likeness (QED) is 0.217. The second-order valence-electron chi connectivity index (χ2n) is 15.2. The van der Waals surface area contributed by atoms with E-state index in [0.717, 1.165) is 36.5 Å². The summed E-state index contributed by atoms with van der Waals surface area (Å²) < 4.78 is 11.5. The molecule has 0 amide bonds. The van der Waals surface area contributed by atoms with Crippen LogP contribution in [0, 0.1) is 46.3 Å². The molecule has 1 saturated heterocycles. The van der Waals surface area contributed by atoms with E-state index in [-0.39, 0.29) is 5.41 Å². The van der Waals surface area contributed by atoms with Crippen molar-refractivity contribution >= 4 is 0 Å². The molecule has 0 aromatic carbocycles. The van der Waals surface area contributed by atoms with E-state index < -0.39 is 43.1 Å². The first kappa shape index (κ1) is 30.9. The van der Waals surface area contributed by atoms with E-state index >= 15 is 0 Å². The van der Waals surface area contributed by atoms with Crippen LogP contribution in [0.4, 0.5) is 0 Å². The first-order valence-corrected chi connectivity index (χ1v) is 16.2. The van der Waals surface area contributed by atoms with Crippen LogP contribution in [0.1, 0.15) is 105 Å². The Balaban J connectivity index is 1.27. The van der Waals surface area contributed by atoms with Gasteiger partial charge in [0.1, 0.15) is 24.4 Å². The topological polar surface area (TPSA) is 120 Å². The Labute approximate surface area is 241 Å². The van der Waals surface area contributed by atoms with Crippen molar-refractivity contribution in [2.45, 2.75) is 142 Å². The van der Waals surface area contributed by atoms with Crippen molar-refractivity contribution in [2.75, 3.05) is 6.61 Å². The number of fused-ring (bicyclic) bond motifs is 5. The fourth-order valence-corrected chi connectivity index (χ4v) is 10.1. The Bertz CT molecular complexity index is 920. The summed E-state index contributed by atoms with van der Waals surface area (Å²) in [6.45, 7) is 11.7. The van der Waals surface area contributed by atoms with Gasteiger partial charge in [-0.15, -0.1) is 0 Å². The maximum absolute atomic E-state index is 11.5. The zero-order chi connectivity index (χ0) is 29.0. The molecule has 0 radical (unpaired) electrons. The fourth-order valence-electron chi connectivity index (χ4n) is 10.1. The normalized spacial score (nSPS) is 49.7. The summed E-state index contributed by atoms with van der Waals surface area (Å²) in [6, 6.07) is 0. The predicted molar refractivity (Wildman–Crippen MR) is 153 cm³/mol. The van der Waals surface area contributed by atoms with E-state index in [1.165, 1.54) is 50.5 Å². The first-order chi connectivity index (χ1) is 18.8. The lowest BCUT2D eigenvalue weighted by Gasteiger charge is -2.59. The Morgan fingerprint density at radius 2 is 1.70 bits per heavy atom. The molecule has 5 N–H and O–H groups in total. The molecule has 4 aliphatic carbocycles. The lowest BCUT2D eigenvalue weighted by Crippen LogP contribution is -2.61. The van der Waals surface area contributed by atoms with Gasteiger partial charge in [0.15, 0.2) is 12.1 Å². The molecule has 7 nitrogen and oxygen atoms in total. The van der Waals surface area contributed by atoms with E-state index in [1.807, 2.05) is 0 Å². The molecule has 230 valence electrons. The molecule has 40 heavy (non-hydrogen) atoms. The first-order valence-electron chi connectivity index (χ1n) is 16.2. The zero-order valence-corrected chi connectivity index (χ0v) is 25.5. The number of rotatable bonds is 8. The highest BCUT2D eigenvalue weighted by Crippen LogP contribution is 2.68. The molecule has 4 unspecified atom stereocenters. The van der Waals surface area contributed by atoms with Crippen LogP contribution in [0.5, 0.6) is 0 Å². The molecular formula is C33H56O7. The number of hydrogen-bond donors (Lipinski definition) is 5. The van der Waals surface area contributed by atoms with Crippen LogP contribution in [-0.4, -0.2) is 68.6 Å². The molecular weight excluding hydrogens is 508 g/mol. The van der Waals surface area contributed by atoms with Crippen LogP contribution < -0.4 is 0 Å². The number of allylic oxidation sites excluding steroid dienone is 1. The van der Waals surface area contributed by atoms with E-state index in [4.69, 9.17) is 9.47 Å². The minimum atomic E-state index is -1.53. The third-order valence-corrected chi connectivity index (χ3v) is 12.5. The van der Waals surface area contributed by atoms with Gasteiger partial charge in [0.05, 0.1) is 6.61 Å². The molecule has 4 fully saturated rings. The summed E-state index contributed by atoms with van der Waals surface area (Å²) in [4.78, 5) is 0. The number of aliphatic hydroxyl groups is 5. The van der Waals surface area contributed by atoms with E-state index in [9.17, 15) is 25.5 Å². The number of hydrogen-bond acceptors (Lipinski definition) is 7. The Kier molecular flexibility index (Phi) is 8.90. The number of ether oxygens (including phenoxy) is 2. The smallest absolute Gasteiger partial charge is 0.189 e. The fraction of sp³-hybridized carbons (Fsp3) is 0.939. The molecule has 0 aromatic rings. The van der Waals surface area contributed by atoms with Crippen LogP contribution in [0.3, 0.4) is 0 Å². The molecule has 7 heteroatoms. The summed E-state index contributed by atoms with van der Waals surface area (Å²) in [5.41, 5.74) is 1.70. The molecule has 13 atom stereocenters. The highest BCUT2D eigenvalue weighted by Gasteiger charge is 2.60. The average Bonchev–Trinajstić information content (AvgIpc) is 3.26. The summed E-state index contributed by atoms with van der Waals surface area (Å²) in [6.07, 6.45) is 7.43. The maximum Gasteiger partial charge on any atom is 0.189 e. The Morgan fingerprint density at radius 3 is 2.40 bits per heavy atom. The molecule has 0 aromatic heterocycles. The highest BCUT2D eigenvalue weighted by atomic mass is 16.8. The average molecular weight is 565 g/mol. The minimum Gasteiger partial charge on any atom is -0.394 e. The molecule has 1 heterocycles. The van der Waals surface area contributed by atoms with Crippen molar-refractivity contribution in [1.29, 1.82) is 0 Å². The highest BCUT2D eigenvalue weighted by molar-refractivity contribution is 5.26. The van der Waals surface area contributed by atoms with Gasteiger partial charge in [-0.2, -0.15) is 0 Å². The van der Waals surface area contributed by atoms with Crippen molar-refractivity contribution in [3.63, 3.8) is 0 Å². The van der Waals surface area contributed by atoms with Crippen molar-refractivity contribution in [1.82, 2.24) is 0 Å². The van der Waals surface area contributed by atoms with Crippen molar-refractivity contribution < 1.29 is 35.0 Å². The largest absolute Gasteiger partial charge is 0.394 e. The summed E-state index contributed by atoms with van der Waals surface area (Å²) in [5.74, 6) is 2.94. The molecule has 5 aliphatic rings. The van der Waals surface area contributed by atoms with Gasteiger partial charge >= 0.3 is 0 Å². The van der Waals surface area contributed by atoms with Crippen LogP contribution in [0.25, 0.3) is 0 Å². The van der Waals surface area contributed by atoms with Crippen LogP contribution in [0.2, 0.25) is 0 Å². The van der Waals surface area contributed by atoms with E-state index in [0.29, 0.717) is 30.1 Å². The minimum absolute atomic E-state index is 0.0240. The van der Waals surface area contributed by atoms with Gasteiger partial charge in [-0.05, 0) is 84.9 Å². The lowest BCUT2D eigenvalue weighted by molar-refractivity contribution is -0.366. The number of aliphatic hydroxyl groups excluding tert-OH is 4. The third-order valence-electron chi connectivity index (χ3n) is 12.5. The van der Waals surface area contributed by atoms with Gasteiger partial charge in [-0.1, -0.05) is 65.5 Å². The predicted octanol–water partition coefficient (Wildman–Crippen LogP) is 4.53. The van der Waals surface area contributed by atoms with Crippen LogP contribution in [-0.2, 0) is 9.47 Å². The Hall–Kier alpha value is -0.540. The lowest BCUT2D eigenvalue weighted by atomic mass is 9.46. The summed E-state index contributed by atoms with van der Waals surface area (Å²) in [7, 11) is 0. The van der Waals surface area contributed by atoms with Crippen molar-refractivity contribution in [3.05, 3.63) is 11.6 Å². The summed E-state index contributed by atoms with van der Waals surface area (Å²) in [5, 5.41) is 51.8. The summed E-state index contributed by atoms with van der Waals surface area (Å²) >= 11 is 0. The molecule has 1 aliphatic heterocycles. The van der Waals surface area contributed by atoms with Crippen LogP contribution in [0.15, 0.2) is 11.6 Å².